The molecule has 2 fully saturated rings. The van der Waals surface area contributed by atoms with Crippen molar-refractivity contribution in [1.82, 2.24) is 4.90 Å². The number of rotatable bonds is 2. The zero-order chi connectivity index (χ0) is 13.2. The largest absolute Gasteiger partial charge is 0.379 e. The maximum Gasteiger partial charge on any atom is 0.249 e. The second-order valence-corrected chi connectivity index (χ2v) is 5.73. The smallest absolute Gasteiger partial charge is 0.249 e. The van der Waals surface area contributed by atoms with E-state index in [1.807, 2.05) is 4.90 Å². The fourth-order valence-electron chi connectivity index (χ4n) is 3.64. The van der Waals surface area contributed by atoms with Crippen molar-refractivity contribution in [2.75, 3.05) is 20.3 Å². The van der Waals surface area contributed by atoms with E-state index in [1.165, 1.54) is 6.42 Å². The Kier molecular flexibility index (Phi) is 3.89. The molecule has 0 aromatic carbocycles. The topological polar surface area (TPSA) is 38.8 Å². The van der Waals surface area contributed by atoms with Crippen LogP contribution in [0.15, 0.2) is 11.6 Å². The molecule has 0 unspecified atom stereocenters. The van der Waals surface area contributed by atoms with E-state index in [4.69, 9.17) is 9.47 Å². The summed E-state index contributed by atoms with van der Waals surface area (Å²) >= 11 is 0. The molecule has 2 aliphatic carbocycles. The molecule has 0 radical (unpaired) electrons. The summed E-state index contributed by atoms with van der Waals surface area (Å²) in [5, 5.41) is 0. The van der Waals surface area contributed by atoms with Crippen LogP contribution in [0.5, 0.6) is 0 Å². The Balaban J connectivity index is 1.73. The number of morpholine rings is 1. The van der Waals surface area contributed by atoms with Crippen molar-refractivity contribution >= 4 is 5.91 Å². The maximum absolute atomic E-state index is 12.7. The Morgan fingerprint density at radius 1 is 1.42 bits per heavy atom. The maximum atomic E-state index is 12.7. The van der Waals surface area contributed by atoms with Crippen LogP contribution in [0.4, 0.5) is 0 Å². The van der Waals surface area contributed by atoms with Crippen molar-refractivity contribution in [3.05, 3.63) is 11.6 Å². The van der Waals surface area contributed by atoms with Crippen LogP contribution in [0.25, 0.3) is 0 Å². The van der Waals surface area contributed by atoms with Gasteiger partial charge >= 0.3 is 0 Å². The molecule has 3 rings (SSSR count). The summed E-state index contributed by atoms with van der Waals surface area (Å²) in [7, 11) is 1.74. The molecule has 4 nitrogen and oxygen atoms in total. The highest BCUT2D eigenvalue weighted by Crippen LogP contribution is 2.33. The Hall–Kier alpha value is -0.870. The van der Waals surface area contributed by atoms with Gasteiger partial charge in [-0.2, -0.15) is 0 Å². The van der Waals surface area contributed by atoms with E-state index in [9.17, 15) is 4.79 Å². The highest BCUT2D eigenvalue weighted by molar-refractivity contribution is 5.93. The van der Waals surface area contributed by atoms with Crippen molar-refractivity contribution in [2.45, 2.75) is 56.8 Å². The van der Waals surface area contributed by atoms with E-state index in [1.54, 1.807) is 7.11 Å². The predicted octanol–water partition coefficient (Wildman–Crippen LogP) is 1.89. The van der Waals surface area contributed by atoms with Gasteiger partial charge in [-0.15, -0.1) is 0 Å². The van der Waals surface area contributed by atoms with Gasteiger partial charge in [0.1, 0.15) is 6.10 Å². The minimum atomic E-state index is 0.0758. The lowest BCUT2D eigenvalue weighted by molar-refractivity contribution is -0.146. The monoisotopic (exact) mass is 265 g/mol. The van der Waals surface area contributed by atoms with Gasteiger partial charge in [-0.05, 0) is 38.5 Å². The van der Waals surface area contributed by atoms with Gasteiger partial charge in [-0.1, -0.05) is 6.08 Å². The van der Waals surface area contributed by atoms with Crippen LogP contribution in [0, 0.1) is 0 Å². The molecule has 106 valence electrons. The molecule has 1 heterocycles. The van der Waals surface area contributed by atoms with E-state index in [-0.39, 0.29) is 24.2 Å². The Morgan fingerprint density at radius 3 is 3.05 bits per heavy atom. The molecule has 1 saturated heterocycles. The second kappa shape index (κ2) is 5.63. The van der Waals surface area contributed by atoms with Gasteiger partial charge in [0.15, 0.2) is 0 Å². The molecule has 1 amide bonds. The number of methoxy groups -OCH3 is 1. The number of allylic oxidation sites excluding steroid dienone is 1. The van der Waals surface area contributed by atoms with E-state index in [0.717, 1.165) is 44.2 Å². The summed E-state index contributed by atoms with van der Waals surface area (Å²) in [5.74, 6) is 0.245. The van der Waals surface area contributed by atoms with Gasteiger partial charge in [-0.3, -0.25) is 4.79 Å². The van der Waals surface area contributed by atoms with Crippen LogP contribution in [-0.2, 0) is 14.3 Å². The van der Waals surface area contributed by atoms with Crippen LogP contribution in [0.1, 0.15) is 38.5 Å². The second-order valence-electron chi connectivity index (χ2n) is 5.73. The quantitative estimate of drug-likeness (QED) is 0.765. The first kappa shape index (κ1) is 13.1. The van der Waals surface area contributed by atoms with Crippen LogP contribution in [-0.4, -0.2) is 49.3 Å². The first-order valence-corrected chi connectivity index (χ1v) is 7.45. The lowest BCUT2D eigenvalue weighted by Gasteiger charge is -2.39. The summed E-state index contributed by atoms with van der Waals surface area (Å²) in [4.78, 5) is 14.7. The van der Waals surface area contributed by atoms with E-state index in [0.29, 0.717) is 6.61 Å². The SMILES string of the molecule is CO[C@H]1CC[C@@H]2[C@H]1OCCN2C(=O)C1=CCCCC1. The first-order chi connectivity index (χ1) is 9.31. The standard InChI is InChI=1S/C15H23NO3/c1-18-13-8-7-12-14(13)19-10-9-16(12)15(17)11-5-3-2-4-6-11/h5,12-14H,2-4,6-10H2,1H3/t12-,13+,14-/m1/s1. The fourth-order valence-corrected chi connectivity index (χ4v) is 3.64. The molecular formula is C15H23NO3. The van der Waals surface area contributed by atoms with Crippen LogP contribution < -0.4 is 0 Å². The van der Waals surface area contributed by atoms with Gasteiger partial charge in [0.25, 0.3) is 0 Å². The van der Waals surface area contributed by atoms with Crippen molar-refractivity contribution < 1.29 is 14.3 Å². The molecule has 0 bridgehead atoms. The molecule has 1 aliphatic heterocycles. The Morgan fingerprint density at radius 2 is 2.32 bits per heavy atom. The summed E-state index contributed by atoms with van der Waals surface area (Å²) in [6, 6.07) is 0.217. The number of fused-ring (bicyclic) bond motifs is 1. The molecular weight excluding hydrogens is 242 g/mol. The molecule has 0 aromatic heterocycles. The average molecular weight is 265 g/mol. The minimum absolute atomic E-state index is 0.0758. The highest BCUT2D eigenvalue weighted by Gasteiger charge is 2.44. The van der Waals surface area contributed by atoms with Gasteiger partial charge < -0.3 is 14.4 Å². The van der Waals surface area contributed by atoms with E-state index < -0.39 is 0 Å². The highest BCUT2D eigenvalue weighted by atomic mass is 16.5. The molecule has 1 saturated carbocycles. The van der Waals surface area contributed by atoms with Gasteiger partial charge in [0, 0.05) is 19.2 Å². The summed E-state index contributed by atoms with van der Waals surface area (Å²) in [6.07, 6.45) is 8.74. The van der Waals surface area contributed by atoms with Crippen molar-refractivity contribution in [1.29, 1.82) is 0 Å². The third kappa shape index (κ3) is 2.43. The van der Waals surface area contributed by atoms with Crippen molar-refractivity contribution in [3.63, 3.8) is 0 Å². The van der Waals surface area contributed by atoms with E-state index in [2.05, 4.69) is 6.08 Å². The van der Waals surface area contributed by atoms with Gasteiger partial charge in [0.2, 0.25) is 5.91 Å². The number of amides is 1. The Labute approximate surface area is 114 Å². The Bertz CT molecular complexity index is 380. The zero-order valence-corrected chi connectivity index (χ0v) is 11.6. The van der Waals surface area contributed by atoms with Crippen molar-refractivity contribution in [3.8, 4) is 0 Å². The van der Waals surface area contributed by atoms with Gasteiger partial charge in [-0.25, -0.2) is 0 Å². The summed E-state index contributed by atoms with van der Waals surface area (Å²) < 4.78 is 11.3. The summed E-state index contributed by atoms with van der Waals surface area (Å²) in [5.41, 5.74) is 1.02. The number of carbonyl (C=O) groups excluding carboxylic acids is 1. The number of carbonyl (C=O) groups is 1. The predicted molar refractivity (Wildman–Crippen MR) is 71.8 cm³/mol. The lowest BCUT2D eigenvalue weighted by atomic mass is 9.97. The van der Waals surface area contributed by atoms with Crippen molar-refractivity contribution in [2.24, 2.45) is 0 Å². The number of nitrogens with zero attached hydrogens (tertiary/aromatic N) is 1. The van der Waals surface area contributed by atoms with Crippen LogP contribution in [0.2, 0.25) is 0 Å². The zero-order valence-electron chi connectivity index (χ0n) is 11.6. The number of hydrogen-bond donors (Lipinski definition) is 0. The third-order valence-electron chi connectivity index (χ3n) is 4.66. The fraction of sp³-hybridized carbons (Fsp3) is 0.800. The molecule has 0 spiro atoms. The molecule has 4 heteroatoms. The number of ether oxygens (including phenoxy) is 2. The molecule has 3 atom stereocenters. The van der Waals surface area contributed by atoms with E-state index >= 15 is 0 Å². The van der Waals surface area contributed by atoms with Crippen LogP contribution >= 0.6 is 0 Å². The summed E-state index contributed by atoms with van der Waals surface area (Å²) in [6.45, 7) is 1.37. The third-order valence-corrected chi connectivity index (χ3v) is 4.66. The normalized spacial score (nSPS) is 34.9. The van der Waals surface area contributed by atoms with Gasteiger partial charge in [0.05, 0.1) is 18.8 Å². The molecule has 0 aromatic rings. The molecule has 3 aliphatic rings. The molecule has 19 heavy (non-hydrogen) atoms. The average Bonchev–Trinajstić information content (AvgIpc) is 2.90. The minimum Gasteiger partial charge on any atom is -0.379 e. The van der Waals surface area contributed by atoms with Crippen LogP contribution in [0.3, 0.4) is 0 Å². The molecule has 0 N–H and O–H groups in total. The number of hydrogen-bond acceptors (Lipinski definition) is 3. The first-order valence-electron chi connectivity index (χ1n) is 7.45. The lowest BCUT2D eigenvalue weighted by Crippen LogP contribution is -2.54.